The van der Waals surface area contributed by atoms with Gasteiger partial charge in [0, 0.05) is 189 Å². The Balaban J connectivity index is -0.000000407. The van der Waals surface area contributed by atoms with Crippen molar-refractivity contribution in [1.29, 1.82) is 0 Å². The summed E-state index contributed by atoms with van der Waals surface area (Å²) in [5.41, 5.74) is 0. The fourth-order valence-corrected chi connectivity index (χ4v) is 32.0. The lowest BCUT2D eigenvalue weighted by Gasteiger charge is -2.35. The van der Waals surface area contributed by atoms with Gasteiger partial charge in [0.2, 0.25) is 4.08 Å². The molecule has 0 aromatic carbocycles. The molecule has 0 bridgehead atoms. The summed E-state index contributed by atoms with van der Waals surface area (Å²) in [5.74, 6) is 0.543. The third-order valence-electron chi connectivity index (χ3n) is 14.4. The minimum Gasteiger partial charge on any atom is -0.394 e. The molecule has 0 aromatic heterocycles. The van der Waals surface area contributed by atoms with Crippen molar-refractivity contribution in [2.24, 2.45) is 0 Å². The van der Waals surface area contributed by atoms with Crippen molar-refractivity contribution >= 4 is 124 Å². The fraction of sp³-hybridized carbons (Fsp3) is 1.00. The molecule has 0 rings (SSSR count). The SMILES string of the molecule is CCC(CO)OCC(CS(C)(=O)=O)OC.CCC(CO)OCC(CS(C)=O)OC.CCC(CO)OCC(CS(C)=O)OCC(CS(C)(=O)=O)OC.CCCOCC(COCC(C(S(C)(=O)=O)S(C)(=O)=O)(S(C)(=O)=O)S(C)(=O)=O)OC.CCCOCC(COCC(C(S(C)=O)S(C)=O)(S(C)=O)S(C)=O)OC. The predicted molar refractivity (Wildman–Crippen MR) is 415 cm³/mol. The first kappa shape index (κ1) is 114. The van der Waals surface area contributed by atoms with E-state index in [0.29, 0.717) is 70.0 Å². The number of rotatable bonds is 57. The number of hydrogen-bond acceptors (Lipinski definition) is 34. The van der Waals surface area contributed by atoms with E-state index in [1.807, 2.05) is 34.6 Å². The van der Waals surface area contributed by atoms with Crippen molar-refractivity contribution < 1.29 is 153 Å². The number of aliphatic hydroxyl groups excluding tert-OH is 3. The minimum atomic E-state index is -4.82. The highest BCUT2D eigenvalue weighted by Crippen LogP contribution is 2.36. The second-order valence-electron chi connectivity index (χ2n) is 24.1. The average molecular weight is 1770 g/mol. The van der Waals surface area contributed by atoms with Crippen LogP contribution in [0.25, 0.3) is 0 Å². The molecule has 15 unspecified atom stereocenters. The molecule has 0 spiro atoms. The zero-order valence-corrected chi connectivity index (χ0v) is 75.0. The highest BCUT2D eigenvalue weighted by Gasteiger charge is 2.65. The Bertz CT molecular complexity index is 3060. The summed E-state index contributed by atoms with van der Waals surface area (Å²) >= 11 is 0. The summed E-state index contributed by atoms with van der Waals surface area (Å²) in [6, 6.07) is 0. The van der Waals surface area contributed by atoms with Gasteiger partial charge in [0.05, 0.1) is 152 Å². The van der Waals surface area contributed by atoms with Crippen LogP contribution in [-0.2, 0) is 185 Å². The standard InChI is InChI=1S/C14H30O11S4.C14H30O7S4.C13H28O7S2.C9H20O5S.C9H20O4S/c1-7-8-24-9-12(23-2)10-25-11-14(28(5,19)20,29(6,21)22)13(26(3,15)16)27(4,17)18;1-7-8-20-9-12(19-2)10-21-11-14(24(5)17,25(6)18)13(22(3)15)23(4)16;1-5-11(6-14)19-7-12(9-21(3)15)20-8-13(18-2)10-22(4,16)17;1-4-8(5-10)14-6-9(13-2)7-15(3,11)12;1-4-8(5-10)13-6-9(12-2)7-14(3)11/h12-13H,7-11H2,1-6H3;12-13H,7-11H2,1-6H3;11-14H,5-10H2,1-4H3;8-10H,4-7H2,1-3H3;8-10H,4-7H2,1-3H3. The van der Waals surface area contributed by atoms with E-state index in [1.165, 1.54) is 53.5 Å². The lowest BCUT2D eigenvalue weighted by atomic mass is 10.3. The molecular weight excluding hydrogens is 1640 g/mol. The first-order valence-electron chi connectivity index (χ1n) is 32.6. The molecule has 0 aliphatic carbocycles. The van der Waals surface area contributed by atoms with Crippen LogP contribution in [0, 0.1) is 0 Å². The first-order valence-corrected chi connectivity index (χ1v) is 54.2. The number of ether oxygens (including phenoxy) is 13. The summed E-state index contributed by atoms with van der Waals surface area (Å²) in [7, 11) is -26.5. The molecule has 15 atom stereocenters. The van der Waals surface area contributed by atoms with Gasteiger partial charge in [-0.2, -0.15) is 0 Å². The molecule has 0 saturated carbocycles. The van der Waals surface area contributed by atoms with Gasteiger partial charge >= 0.3 is 0 Å². The van der Waals surface area contributed by atoms with Gasteiger partial charge in [-0.3, -0.25) is 25.3 Å². The lowest BCUT2D eigenvalue weighted by molar-refractivity contribution is -0.0705. The van der Waals surface area contributed by atoms with Crippen molar-refractivity contribution in [3.8, 4) is 0 Å². The Kier molecular flexibility index (Phi) is 64.5. The highest BCUT2D eigenvalue weighted by atomic mass is 32.3. The predicted octanol–water partition coefficient (Wildman–Crippen LogP) is -1.78. The van der Waals surface area contributed by atoms with Crippen LogP contribution in [0.1, 0.15) is 66.7 Å². The maximum absolute atomic E-state index is 12.5. The van der Waals surface area contributed by atoms with E-state index in [9.17, 15) is 75.8 Å². The molecular formula is C59H128O34S12. The summed E-state index contributed by atoms with van der Waals surface area (Å²) in [6.07, 6.45) is 13.2. The second-order valence-corrected chi connectivity index (χ2v) is 47.6. The molecule has 0 aliphatic heterocycles. The van der Waals surface area contributed by atoms with E-state index in [0.717, 1.165) is 31.8 Å². The van der Waals surface area contributed by atoms with Crippen LogP contribution in [0.15, 0.2) is 0 Å². The molecule has 0 heterocycles. The maximum atomic E-state index is 12.5. The van der Waals surface area contributed by atoms with Crippen LogP contribution in [0.5, 0.6) is 0 Å². The van der Waals surface area contributed by atoms with Crippen LogP contribution >= 0.6 is 0 Å². The summed E-state index contributed by atoms with van der Waals surface area (Å²) in [5, 5.41) is 26.8. The highest BCUT2D eigenvalue weighted by molar-refractivity contribution is 8.16. The average Bonchev–Trinajstić information content (AvgIpc) is 0.715. The number of sulfone groups is 6. The molecule has 46 heteroatoms. The summed E-state index contributed by atoms with van der Waals surface area (Å²) < 4.78 is 275. The topological polar surface area (TPSA) is 488 Å². The number of aliphatic hydroxyl groups is 3. The Morgan fingerprint density at radius 2 is 0.638 bits per heavy atom. The number of hydrogen-bond donors (Lipinski definition) is 3. The number of methoxy groups -OCH3 is 5. The van der Waals surface area contributed by atoms with Crippen LogP contribution in [0.3, 0.4) is 0 Å². The Hall–Kier alpha value is -0.0400. The molecule has 0 aromatic rings. The van der Waals surface area contributed by atoms with Gasteiger partial charge in [-0.1, -0.05) is 34.6 Å². The molecule has 3 N–H and O–H groups in total. The fourth-order valence-electron chi connectivity index (χ4n) is 8.76. The third-order valence-corrected chi connectivity index (χ3v) is 36.4. The van der Waals surface area contributed by atoms with Gasteiger partial charge in [0.15, 0.2) is 48.0 Å². The maximum Gasteiger partial charge on any atom is 0.226 e. The van der Waals surface area contributed by atoms with Crippen molar-refractivity contribution in [1.82, 2.24) is 0 Å². The largest absolute Gasteiger partial charge is 0.394 e. The third kappa shape index (κ3) is 50.7. The molecule has 0 aliphatic rings. The zero-order chi connectivity index (χ0) is 83.0. The molecule has 0 amide bonds. The Morgan fingerprint density at radius 1 is 0.362 bits per heavy atom. The van der Waals surface area contributed by atoms with Gasteiger partial charge < -0.3 is 76.9 Å². The molecule has 0 fully saturated rings. The van der Waals surface area contributed by atoms with Crippen molar-refractivity contribution in [3.05, 3.63) is 0 Å². The zero-order valence-electron chi connectivity index (χ0n) is 65.2. The van der Waals surface area contributed by atoms with Crippen LogP contribution in [0.2, 0.25) is 0 Å². The molecule has 34 nitrogen and oxygen atoms in total. The van der Waals surface area contributed by atoms with Gasteiger partial charge in [-0.15, -0.1) is 0 Å². The van der Waals surface area contributed by atoms with Crippen LogP contribution in [0.4, 0.5) is 0 Å². The van der Waals surface area contributed by atoms with E-state index in [1.54, 1.807) is 19.6 Å². The summed E-state index contributed by atoms with van der Waals surface area (Å²) in [4.78, 5) is 0. The quantitative estimate of drug-likeness (QED) is 0.0567. The molecule has 0 saturated heterocycles. The normalized spacial score (nSPS) is 17.9. The minimum absolute atomic E-state index is 0.0160. The van der Waals surface area contributed by atoms with Crippen molar-refractivity contribution in [2.45, 2.75) is 139 Å². The van der Waals surface area contributed by atoms with Crippen LogP contribution < -0.4 is 0 Å². The van der Waals surface area contributed by atoms with Crippen molar-refractivity contribution in [2.75, 3.05) is 233 Å². The van der Waals surface area contributed by atoms with E-state index < -0.39 is 172 Å². The van der Waals surface area contributed by atoms with E-state index >= 15 is 0 Å². The molecule has 640 valence electrons. The van der Waals surface area contributed by atoms with Gasteiger partial charge in [-0.25, -0.2) is 50.5 Å². The Morgan fingerprint density at radius 3 is 0.876 bits per heavy atom. The lowest BCUT2D eigenvalue weighted by Crippen LogP contribution is -2.62. The van der Waals surface area contributed by atoms with Crippen LogP contribution in [-0.4, -0.2) is 396 Å². The molecule has 105 heavy (non-hydrogen) atoms. The smallest absolute Gasteiger partial charge is 0.226 e. The van der Waals surface area contributed by atoms with E-state index in [2.05, 4.69) is 0 Å². The monoisotopic (exact) mass is 1760 g/mol. The van der Waals surface area contributed by atoms with E-state index in [-0.39, 0.29) is 114 Å². The Labute approximate surface area is 643 Å². The molecule has 0 radical (unpaired) electrons. The van der Waals surface area contributed by atoms with Gasteiger partial charge in [0.1, 0.15) is 36.5 Å². The van der Waals surface area contributed by atoms with Gasteiger partial charge in [-0.05, 0) is 32.1 Å². The van der Waals surface area contributed by atoms with Gasteiger partial charge in [0.25, 0.3) is 0 Å². The van der Waals surface area contributed by atoms with Crippen molar-refractivity contribution in [3.63, 3.8) is 0 Å². The first-order chi connectivity index (χ1) is 48.3. The second kappa shape index (κ2) is 59.6. The summed E-state index contributed by atoms with van der Waals surface area (Å²) in [6.45, 7) is 10.1. The van der Waals surface area contributed by atoms with E-state index in [4.69, 9.17) is 76.9 Å².